The van der Waals surface area contributed by atoms with E-state index < -0.39 is 9.84 Å². The Labute approximate surface area is 204 Å². The van der Waals surface area contributed by atoms with Crippen molar-refractivity contribution in [2.75, 3.05) is 6.26 Å². The highest BCUT2D eigenvalue weighted by Gasteiger charge is 2.21. The van der Waals surface area contributed by atoms with Crippen LogP contribution < -0.4 is 0 Å². The Kier molecular flexibility index (Phi) is 5.61. The van der Waals surface area contributed by atoms with Crippen LogP contribution in [0.25, 0.3) is 39.4 Å². The van der Waals surface area contributed by atoms with Gasteiger partial charge in [0.2, 0.25) is 0 Å². The van der Waals surface area contributed by atoms with Gasteiger partial charge in [-0.25, -0.2) is 18.4 Å². The lowest BCUT2D eigenvalue weighted by molar-refractivity contribution is 0.534. The number of sulfone groups is 1. The van der Waals surface area contributed by atoms with E-state index in [0.29, 0.717) is 17.3 Å². The first-order valence-corrected chi connectivity index (χ1v) is 13.0. The van der Waals surface area contributed by atoms with Crippen LogP contribution in [0.3, 0.4) is 0 Å². The quantitative estimate of drug-likeness (QED) is 0.323. The van der Waals surface area contributed by atoms with E-state index in [1.807, 2.05) is 67.9 Å². The Morgan fingerprint density at radius 2 is 1.66 bits per heavy atom. The van der Waals surface area contributed by atoms with Crippen molar-refractivity contribution < 1.29 is 12.8 Å². The normalized spacial score (nSPS) is 11.7. The molecule has 0 spiro atoms. The summed E-state index contributed by atoms with van der Waals surface area (Å²) in [6.07, 6.45) is 6.65. The topological polar surface area (TPSA) is 90.9 Å². The molecule has 0 bridgehead atoms. The van der Waals surface area contributed by atoms with Crippen molar-refractivity contribution in [3.8, 4) is 39.4 Å². The maximum atomic E-state index is 12.1. The van der Waals surface area contributed by atoms with Gasteiger partial charge < -0.3 is 8.98 Å². The smallest absolute Gasteiger partial charge is 0.192 e. The summed E-state index contributed by atoms with van der Waals surface area (Å²) < 4.78 is 32.4. The van der Waals surface area contributed by atoms with Crippen molar-refractivity contribution in [2.24, 2.45) is 0 Å². The molecule has 176 valence electrons. The van der Waals surface area contributed by atoms with Gasteiger partial charge in [0.25, 0.3) is 0 Å². The maximum absolute atomic E-state index is 12.1. The van der Waals surface area contributed by atoms with Crippen LogP contribution in [0.1, 0.15) is 17.4 Å². The summed E-state index contributed by atoms with van der Waals surface area (Å²) in [7, 11) is -3.34. The molecule has 0 aliphatic carbocycles. The van der Waals surface area contributed by atoms with E-state index in [1.165, 1.54) is 6.26 Å². The Balaban J connectivity index is 1.77. The van der Waals surface area contributed by atoms with Crippen molar-refractivity contribution >= 4 is 9.84 Å². The highest BCUT2D eigenvalue weighted by molar-refractivity contribution is 7.90. The lowest BCUT2D eigenvalue weighted by Gasteiger charge is -2.14. The first-order valence-electron chi connectivity index (χ1n) is 11.1. The van der Waals surface area contributed by atoms with Crippen molar-refractivity contribution in [1.82, 2.24) is 19.5 Å². The molecular weight excluding hydrogens is 460 g/mol. The summed E-state index contributed by atoms with van der Waals surface area (Å²) in [6.45, 7) is 5.72. The number of nitrogens with zero attached hydrogens (tertiary/aromatic N) is 4. The predicted octanol–water partition coefficient (Wildman–Crippen LogP) is 5.59. The fourth-order valence-electron chi connectivity index (χ4n) is 4.19. The molecule has 0 atom stereocenters. The number of aromatic nitrogens is 4. The Morgan fingerprint density at radius 3 is 2.34 bits per heavy atom. The number of rotatable bonds is 5. The molecule has 0 aliphatic rings. The molecule has 0 saturated carbocycles. The first-order chi connectivity index (χ1) is 16.7. The van der Waals surface area contributed by atoms with Gasteiger partial charge in [0.1, 0.15) is 11.5 Å². The summed E-state index contributed by atoms with van der Waals surface area (Å²) >= 11 is 0. The van der Waals surface area contributed by atoms with Crippen LogP contribution in [0.15, 0.2) is 82.5 Å². The molecule has 3 aromatic heterocycles. The summed E-state index contributed by atoms with van der Waals surface area (Å²) in [5.41, 5.74) is 5.79. The van der Waals surface area contributed by atoms with Gasteiger partial charge in [-0.1, -0.05) is 18.2 Å². The number of hydrogen-bond acceptors (Lipinski definition) is 6. The van der Waals surface area contributed by atoms with Crippen LogP contribution in [-0.4, -0.2) is 34.2 Å². The number of benzene rings is 2. The van der Waals surface area contributed by atoms with E-state index in [0.717, 1.165) is 39.5 Å². The molecule has 35 heavy (non-hydrogen) atoms. The van der Waals surface area contributed by atoms with Crippen LogP contribution in [0.2, 0.25) is 0 Å². The molecule has 0 unspecified atom stereocenters. The van der Waals surface area contributed by atoms with E-state index in [1.54, 1.807) is 30.6 Å². The molecule has 2 aromatic carbocycles. The monoisotopic (exact) mass is 484 g/mol. The second-order valence-electron chi connectivity index (χ2n) is 8.48. The SMILES string of the molecule is Cc1cn(-c2ccc(-c3cccc(S(C)(=O)=O)c3)cc2-c2nc(C)oc2-c2cccnc2)c(C)n1. The van der Waals surface area contributed by atoms with E-state index in [9.17, 15) is 8.42 Å². The summed E-state index contributed by atoms with van der Waals surface area (Å²) in [6, 6.07) is 16.7. The summed E-state index contributed by atoms with van der Waals surface area (Å²) in [5.74, 6) is 2.00. The zero-order valence-corrected chi connectivity index (χ0v) is 20.7. The van der Waals surface area contributed by atoms with Gasteiger partial charge in [0.15, 0.2) is 21.5 Å². The van der Waals surface area contributed by atoms with Crippen LogP contribution in [0, 0.1) is 20.8 Å². The molecule has 3 heterocycles. The largest absolute Gasteiger partial charge is 0.440 e. The summed E-state index contributed by atoms with van der Waals surface area (Å²) in [4.78, 5) is 13.8. The average molecular weight is 485 g/mol. The standard InChI is InChI=1S/C27H24N4O3S/c1-17-16-31(18(2)29-17)25-11-10-21(20-7-5-9-23(13-20)35(4,32)33)14-24(25)26-27(34-19(3)30-26)22-8-6-12-28-15-22/h5-16H,1-4H3. The lowest BCUT2D eigenvalue weighted by atomic mass is 9.98. The molecule has 0 aliphatic heterocycles. The van der Waals surface area contributed by atoms with Crippen molar-refractivity contribution in [1.29, 1.82) is 0 Å². The second kappa shape index (κ2) is 8.63. The molecule has 0 amide bonds. The third-order valence-electron chi connectivity index (χ3n) is 5.77. The molecule has 5 aromatic rings. The van der Waals surface area contributed by atoms with Crippen LogP contribution in [-0.2, 0) is 9.84 Å². The Morgan fingerprint density at radius 1 is 0.886 bits per heavy atom. The zero-order valence-electron chi connectivity index (χ0n) is 19.9. The van der Waals surface area contributed by atoms with Gasteiger partial charge in [-0.2, -0.15) is 0 Å². The number of imidazole rings is 1. The van der Waals surface area contributed by atoms with Crippen molar-refractivity contribution in [3.63, 3.8) is 0 Å². The molecule has 5 rings (SSSR count). The van der Waals surface area contributed by atoms with E-state index >= 15 is 0 Å². The van der Waals surface area contributed by atoms with Gasteiger partial charge in [0.05, 0.1) is 16.3 Å². The van der Waals surface area contributed by atoms with Crippen LogP contribution >= 0.6 is 0 Å². The number of oxazole rings is 1. The van der Waals surface area contributed by atoms with E-state index in [2.05, 4.69) is 9.97 Å². The van der Waals surface area contributed by atoms with Gasteiger partial charge in [-0.05, 0) is 61.4 Å². The number of hydrogen-bond donors (Lipinski definition) is 0. The number of pyridine rings is 1. The molecule has 0 fully saturated rings. The van der Waals surface area contributed by atoms with Gasteiger partial charge in [-0.15, -0.1) is 0 Å². The molecule has 7 nitrogen and oxygen atoms in total. The average Bonchev–Trinajstić information content (AvgIpc) is 3.39. The lowest BCUT2D eigenvalue weighted by Crippen LogP contribution is -2.00. The number of aryl methyl sites for hydroxylation is 3. The third kappa shape index (κ3) is 4.40. The first kappa shape index (κ1) is 22.7. The van der Waals surface area contributed by atoms with Crippen LogP contribution in [0.5, 0.6) is 0 Å². The van der Waals surface area contributed by atoms with E-state index in [-0.39, 0.29) is 4.90 Å². The van der Waals surface area contributed by atoms with Gasteiger partial charge in [-0.3, -0.25) is 4.98 Å². The van der Waals surface area contributed by atoms with Crippen molar-refractivity contribution in [3.05, 3.63) is 90.6 Å². The van der Waals surface area contributed by atoms with E-state index in [4.69, 9.17) is 9.40 Å². The van der Waals surface area contributed by atoms with Gasteiger partial charge in [0, 0.05) is 42.9 Å². The maximum Gasteiger partial charge on any atom is 0.192 e. The fraction of sp³-hybridized carbons (Fsp3) is 0.148. The van der Waals surface area contributed by atoms with Crippen molar-refractivity contribution in [2.45, 2.75) is 25.7 Å². The minimum absolute atomic E-state index is 0.273. The second-order valence-corrected chi connectivity index (χ2v) is 10.5. The Hall–Kier alpha value is -4.04. The molecule has 0 saturated heterocycles. The van der Waals surface area contributed by atoms with Crippen LogP contribution in [0.4, 0.5) is 0 Å². The molecule has 0 radical (unpaired) electrons. The molecular formula is C27H24N4O3S. The minimum atomic E-state index is -3.34. The Bertz CT molecular complexity index is 1650. The highest BCUT2D eigenvalue weighted by Crippen LogP contribution is 2.38. The molecule has 0 N–H and O–H groups in total. The van der Waals surface area contributed by atoms with Gasteiger partial charge >= 0.3 is 0 Å². The molecule has 8 heteroatoms. The summed E-state index contributed by atoms with van der Waals surface area (Å²) in [5, 5.41) is 0. The fourth-order valence-corrected chi connectivity index (χ4v) is 4.85. The third-order valence-corrected chi connectivity index (χ3v) is 6.88. The predicted molar refractivity (Wildman–Crippen MR) is 135 cm³/mol. The minimum Gasteiger partial charge on any atom is -0.440 e. The zero-order chi connectivity index (χ0) is 24.7. The highest BCUT2D eigenvalue weighted by atomic mass is 32.2.